The number of rotatable bonds is 3. The summed E-state index contributed by atoms with van der Waals surface area (Å²) in [6.45, 7) is 2.94. The zero-order valence-corrected chi connectivity index (χ0v) is 9.90. The summed E-state index contributed by atoms with van der Waals surface area (Å²) in [7, 11) is 0. The van der Waals surface area contributed by atoms with E-state index in [1.807, 2.05) is 16.8 Å². The van der Waals surface area contributed by atoms with E-state index in [4.69, 9.17) is 4.74 Å². The van der Waals surface area contributed by atoms with Crippen LogP contribution in [0, 0.1) is 5.82 Å². The van der Waals surface area contributed by atoms with Crippen molar-refractivity contribution in [3.8, 4) is 5.88 Å². The van der Waals surface area contributed by atoms with Crippen LogP contribution < -0.4 is 10.1 Å². The quantitative estimate of drug-likeness (QED) is 0.897. The summed E-state index contributed by atoms with van der Waals surface area (Å²) in [4.78, 5) is 0. The number of nitrogens with zero attached hydrogens (tertiary/aromatic N) is 2. The van der Waals surface area contributed by atoms with Crippen LogP contribution in [0.4, 0.5) is 4.39 Å². The average molecular weight is 247 g/mol. The fraction of sp³-hybridized carbons (Fsp3) is 0.308. The Balaban J connectivity index is 1.68. The molecule has 1 N–H and O–H groups in total. The lowest BCUT2D eigenvalue weighted by Crippen LogP contribution is -2.28. The van der Waals surface area contributed by atoms with Crippen molar-refractivity contribution in [1.82, 2.24) is 15.1 Å². The molecular formula is C13H14FN3O. The monoisotopic (exact) mass is 247 g/mol. The summed E-state index contributed by atoms with van der Waals surface area (Å²) in [6.07, 6.45) is 0. The second-order valence-corrected chi connectivity index (χ2v) is 4.29. The second-order valence-electron chi connectivity index (χ2n) is 4.29. The minimum atomic E-state index is -0.246. The number of hydrogen-bond donors (Lipinski definition) is 1. The van der Waals surface area contributed by atoms with Crippen LogP contribution in [-0.4, -0.2) is 16.3 Å². The molecule has 0 spiro atoms. The zero-order chi connectivity index (χ0) is 12.4. The highest BCUT2D eigenvalue weighted by molar-refractivity contribution is 5.19. The Morgan fingerprint density at radius 2 is 2.33 bits per heavy atom. The van der Waals surface area contributed by atoms with Crippen LogP contribution in [0.25, 0.3) is 0 Å². The molecule has 3 rings (SSSR count). The molecule has 0 radical (unpaired) electrons. The molecule has 0 fully saturated rings. The maximum absolute atomic E-state index is 13.0. The summed E-state index contributed by atoms with van der Waals surface area (Å²) < 4.78 is 20.5. The first-order valence-electron chi connectivity index (χ1n) is 5.96. The summed E-state index contributed by atoms with van der Waals surface area (Å²) in [6, 6.07) is 8.32. The van der Waals surface area contributed by atoms with E-state index in [1.54, 1.807) is 6.07 Å². The topological polar surface area (TPSA) is 39.1 Å². The van der Waals surface area contributed by atoms with Gasteiger partial charge < -0.3 is 10.1 Å². The van der Waals surface area contributed by atoms with Gasteiger partial charge in [-0.15, -0.1) is 5.10 Å². The first-order valence-corrected chi connectivity index (χ1v) is 5.96. The molecule has 1 aliphatic heterocycles. The summed E-state index contributed by atoms with van der Waals surface area (Å²) in [5.74, 6) is 0.349. The molecule has 94 valence electrons. The van der Waals surface area contributed by atoms with Crippen LogP contribution in [-0.2, 0) is 19.7 Å². The minimum Gasteiger partial charge on any atom is -0.472 e. The third-order valence-corrected chi connectivity index (χ3v) is 2.92. The summed E-state index contributed by atoms with van der Waals surface area (Å²) in [5, 5.41) is 7.62. The van der Waals surface area contributed by atoms with Crippen LogP contribution in [0.15, 0.2) is 30.3 Å². The van der Waals surface area contributed by atoms with Crippen LogP contribution in [0.1, 0.15) is 11.3 Å². The molecular weight excluding hydrogens is 233 g/mol. The van der Waals surface area contributed by atoms with Crippen molar-refractivity contribution < 1.29 is 9.13 Å². The van der Waals surface area contributed by atoms with E-state index >= 15 is 0 Å². The first-order chi connectivity index (χ1) is 8.81. The van der Waals surface area contributed by atoms with Gasteiger partial charge in [0.2, 0.25) is 5.88 Å². The Morgan fingerprint density at radius 1 is 1.39 bits per heavy atom. The number of halogens is 1. The molecule has 18 heavy (non-hydrogen) atoms. The molecule has 0 saturated heterocycles. The Hall–Kier alpha value is -1.88. The van der Waals surface area contributed by atoms with E-state index < -0.39 is 0 Å². The van der Waals surface area contributed by atoms with Crippen molar-refractivity contribution in [2.75, 3.05) is 6.54 Å². The molecule has 0 saturated carbocycles. The SMILES string of the molecule is Fc1cccc(COc2cc3n(n2)CCNC3)c1. The smallest absolute Gasteiger partial charge is 0.233 e. The lowest BCUT2D eigenvalue weighted by Gasteiger charge is -2.13. The van der Waals surface area contributed by atoms with Crippen molar-refractivity contribution in [2.45, 2.75) is 19.7 Å². The molecule has 1 aromatic carbocycles. The van der Waals surface area contributed by atoms with E-state index in [0.29, 0.717) is 12.5 Å². The second kappa shape index (κ2) is 4.78. The van der Waals surface area contributed by atoms with Gasteiger partial charge in [-0.05, 0) is 17.7 Å². The number of nitrogens with one attached hydrogen (secondary N) is 1. The standard InChI is InChI=1S/C13H14FN3O/c14-11-3-1-2-10(6-11)9-18-13-7-12-8-15-4-5-17(12)16-13/h1-3,6-7,15H,4-5,8-9H2. The predicted octanol–water partition coefficient (Wildman–Crippen LogP) is 1.70. The summed E-state index contributed by atoms with van der Waals surface area (Å²) in [5.41, 5.74) is 1.93. The lowest BCUT2D eigenvalue weighted by atomic mass is 10.2. The van der Waals surface area contributed by atoms with Gasteiger partial charge in [0, 0.05) is 19.2 Å². The molecule has 0 aliphatic carbocycles. The minimum absolute atomic E-state index is 0.246. The van der Waals surface area contributed by atoms with Crippen molar-refractivity contribution in [3.63, 3.8) is 0 Å². The van der Waals surface area contributed by atoms with Gasteiger partial charge in [0.05, 0.1) is 12.2 Å². The Labute approximate surface area is 104 Å². The molecule has 1 aromatic heterocycles. The highest BCUT2D eigenvalue weighted by atomic mass is 19.1. The van der Waals surface area contributed by atoms with Gasteiger partial charge in [0.15, 0.2) is 0 Å². The molecule has 0 unspecified atom stereocenters. The lowest BCUT2D eigenvalue weighted by molar-refractivity contribution is 0.288. The fourth-order valence-corrected chi connectivity index (χ4v) is 2.02. The van der Waals surface area contributed by atoms with Crippen LogP contribution in [0.5, 0.6) is 5.88 Å². The van der Waals surface area contributed by atoms with Gasteiger partial charge in [0.25, 0.3) is 0 Å². The maximum Gasteiger partial charge on any atom is 0.233 e. The van der Waals surface area contributed by atoms with Gasteiger partial charge in [-0.1, -0.05) is 12.1 Å². The van der Waals surface area contributed by atoms with Gasteiger partial charge in [-0.3, -0.25) is 4.68 Å². The summed E-state index contributed by atoms with van der Waals surface area (Å²) >= 11 is 0. The largest absolute Gasteiger partial charge is 0.472 e. The van der Waals surface area contributed by atoms with Crippen molar-refractivity contribution in [1.29, 1.82) is 0 Å². The maximum atomic E-state index is 13.0. The van der Waals surface area contributed by atoms with Crippen LogP contribution in [0.3, 0.4) is 0 Å². The zero-order valence-electron chi connectivity index (χ0n) is 9.90. The van der Waals surface area contributed by atoms with Gasteiger partial charge in [0.1, 0.15) is 12.4 Å². The van der Waals surface area contributed by atoms with E-state index in [9.17, 15) is 4.39 Å². The van der Waals surface area contributed by atoms with E-state index in [0.717, 1.165) is 30.9 Å². The molecule has 5 heteroatoms. The molecule has 0 amide bonds. The number of benzene rings is 1. The van der Waals surface area contributed by atoms with E-state index in [-0.39, 0.29) is 5.82 Å². The Morgan fingerprint density at radius 3 is 3.17 bits per heavy atom. The van der Waals surface area contributed by atoms with Crippen molar-refractivity contribution >= 4 is 0 Å². The first kappa shape index (κ1) is 11.2. The molecule has 2 aromatic rings. The highest BCUT2D eigenvalue weighted by Gasteiger charge is 2.12. The fourth-order valence-electron chi connectivity index (χ4n) is 2.02. The Bertz CT molecular complexity index is 529. The normalized spacial score (nSPS) is 14.3. The molecule has 0 bridgehead atoms. The highest BCUT2D eigenvalue weighted by Crippen LogP contribution is 2.15. The average Bonchev–Trinajstić information content (AvgIpc) is 2.79. The Kier molecular flexibility index (Phi) is 2.98. The molecule has 2 heterocycles. The molecule has 0 atom stereocenters. The van der Waals surface area contributed by atoms with Gasteiger partial charge in [-0.2, -0.15) is 0 Å². The third kappa shape index (κ3) is 2.36. The van der Waals surface area contributed by atoms with Gasteiger partial charge >= 0.3 is 0 Å². The molecule has 1 aliphatic rings. The number of hydrogen-bond acceptors (Lipinski definition) is 3. The van der Waals surface area contributed by atoms with Gasteiger partial charge in [-0.25, -0.2) is 4.39 Å². The van der Waals surface area contributed by atoms with E-state index in [2.05, 4.69) is 10.4 Å². The number of fused-ring (bicyclic) bond motifs is 1. The van der Waals surface area contributed by atoms with Crippen molar-refractivity contribution in [2.24, 2.45) is 0 Å². The predicted molar refractivity (Wildman–Crippen MR) is 64.7 cm³/mol. The molecule has 4 nitrogen and oxygen atoms in total. The van der Waals surface area contributed by atoms with Crippen LogP contribution >= 0.6 is 0 Å². The number of aromatic nitrogens is 2. The number of ether oxygens (including phenoxy) is 1. The third-order valence-electron chi connectivity index (χ3n) is 2.92. The van der Waals surface area contributed by atoms with E-state index in [1.165, 1.54) is 12.1 Å². The van der Waals surface area contributed by atoms with Crippen molar-refractivity contribution in [3.05, 3.63) is 47.4 Å². The van der Waals surface area contributed by atoms with Crippen LogP contribution in [0.2, 0.25) is 0 Å².